The van der Waals surface area contributed by atoms with Crippen LogP contribution in [0.1, 0.15) is 46.5 Å². The fourth-order valence-electron chi connectivity index (χ4n) is 3.93. The van der Waals surface area contributed by atoms with Crippen LogP contribution < -0.4 is 4.74 Å². The number of imide groups is 1. The van der Waals surface area contributed by atoms with Crippen LogP contribution in [0.25, 0.3) is 0 Å². The maximum atomic E-state index is 14.0. The maximum absolute atomic E-state index is 14.0. The smallest absolute Gasteiger partial charge is 0.418 e. The zero-order valence-corrected chi connectivity index (χ0v) is 17.1. The average Bonchev–Trinajstić information content (AvgIpc) is 2.92. The molecule has 2 aromatic carbocycles. The van der Waals surface area contributed by atoms with Crippen LogP contribution in [0.3, 0.4) is 0 Å². The number of hydrogen-bond acceptors (Lipinski definition) is 4. The van der Waals surface area contributed by atoms with Gasteiger partial charge < -0.3 is 9.84 Å². The van der Waals surface area contributed by atoms with Crippen LogP contribution in [0.4, 0.5) is 17.6 Å². The lowest BCUT2D eigenvalue weighted by Gasteiger charge is -2.39. The minimum absolute atomic E-state index is 0.0249. The van der Waals surface area contributed by atoms with Gasteiger partial charge in [0, 0.05) is 5.56 Å². The summed E-state index contributed by atoms with van der Waals surface area (Å²) in [6.07, 6.45) is -6.13. The number of rotatable bonds is 6. The van der Waals surface area contributed by atoms with Gasteiger partial charge in [0.05, 0.1) is 24.8 Å². The number of β-amino-alcohol motifs (C(OH)–C–C–N with tert-alkyl or cyclic N) is 1. The van der Waals surface area contributed by atoms with Gasteiger partial charge in [-0.2, -0.15) is 13.2 Å². The molecule has 3 rings (SSSR count). The molecule has 1 aliphatic rings. The predicted molar refractivity (Wildman–Crippen MR) is 103 cm³/mol. The van der Waals surface area contributed by atoms with Crippen molar-refractivity contribution in [3.63, 3.8) is 0 Å². The first-order valence-electron chi connectivity index (χ1n) is 9.39. The quantitative estimate of drug-likeness (QED) is 0.544. The van der Waals surface area contributed by atoms with Crippen molar-refractivity contribution in [3.05, 3.63) is 65.0 Å². The largest absolute Gasteiger partial charge is 0.496 e. The molecule has 31 heavy (non-hydrogen) atoms. The van der Waals surface area contributed by atoms with E-state index in [1.807, 2.05) is 0 Å². The molecule has 0 saturated carbocycles. The van der Waals surface area contributed by atoms with Gasteiger partial charge in [-0.05, 0) is 42.2 Å². The number of ether oxygens (including phenoxy) is 1. The molecule has 5 nitrogen and oxygen atoms in total. The molecule has 9 heteroatoms. The molecule has 166 valence electrons. The highest BCUT2D eigenvalue weighted by atomic mass is 19.4. The molecule has 2 aromatic rings. The molecule has 1 unspecified atom stereocenters. The van der Waals surface area contributed by atoms with E-state index >= 15 is 0 Å². The highest BCUT2D eigenvalue weighted by Crippen LogP contribution is 2.44. The summed E-state index contributed by atoms with van der Waals surface area (Å²) in [5, 5.41) is 10.7. The third kappa shape index (κ3) is 4.01. The topological polar surface area (TPSA) is 66.8 Å². The van der Waals surface area contributed by atoms with Gasteiger partial charge in [-0.15, -0.1) is 0 Å². The first-order chi connectivity index (χ1) is 14.3. The third-order valence-electron chi connectivity index (χ3n) is 5.45. The van der Waals surface area contributed by atoms with Crippen molar-refractivity contribution in [2.24, 2.45) is 0 Å². The van der Waals surface area contributed by atoms with Crippen molar-refractivity contribution >= 4 is 11.8 Å². The van der Waals surface area contributed by atoms with Crippen molar-refractivity contribution < 1.29 is 37.0 Å². The molecule has 0 aliphatic carbocycles. The number of halogens is 4. The van der Waals surface area contributed by atoms with Gasteiger partial charge in [0.25, 0.3) is 11.8 Å². The van der Waals surface area contributed by atoms with Crippen LogP contribution >= 0.6 is 0 Å². The average molecular weight is 439 g/mol. The molecular weight excluding hydrogens is 418 g/mol. The molecule has 0 spiro atoms. The molecule has 0 fully saturated rings. The van der Waals surface area contributed by atoms with Crippen molar-refractivity contribution in [1.82, 2.24) is 4.90 Å². The summed E-state index contributed by atoms with van der Waals surface area (Å²) in [7, 11) is 1.29. The molecule has 1 aliphatic heterocycles. The fraction of sp³-hybridized carbons (Fsp3) is 0.364. The summed E-state index contributed by atoms with van der Waals surface area (Å²) in [6.45, 7) is 1.50. The number of aliphatic hydroxyl groups is 1. The van der Waals surface area contributed by atoms with Gasteiger partial charge in [0.2, 0.25) is 0 Å². The number of carbonyl (C=O) groups is 2. The molecular formula is C22H21F4NO4. The third-order valence-corrected chi connectivity index (χ3v) is 5.45. The molecule has 0 saturated heterocycles. The minimum Gasteiger partial charge on any atom is -0.496 e. The number of carbonyl (C=O) groups excluding carboxylic acids is 2. The van der Waals surface area contributed by atoms with E-state index in [-0.39, 0.29) is 22.4 Å². The second-order valence-corrected chi connectivity index (χ2v) is 8.18. The zero-order valence-electron chi connectivity index (χ0n) is 17.1. The van der Waals surface area contributed by atoms with Crippen LogP contribution in [0.15, 0.2) is 42.5 Å². The van der Waals surface area contributed by atoms with Gasteiger partial charge in [0.1, 0.15) is 11.6 Å². The summed E-state index contributed by atoms with van der Waals surface area (Å²) in [4.78, 5) is 25.5. The van der Waals surface area contributed by atoms with Gasteiger partial charge in [-0.1, -0.05) is 26.0 Å². The van der Waals surface area contributed by atoms with E-state index in [9.17, 15) is 32.3 Å². The Morgan fingerprint density at radius 1 is 1.00 bits per heavy atom. The summed E-state index contributed by atoms with van der Waals surface area (Å²) in [5.74, 6) is -2.36. The van der Waals surface area contributed by atoms with Gasteiger partial charge in [-0.3, -0.25) is 14.5 Å². The highest BCUT2D eigenvalue weighted by molar-refractivity contribution is 6.21. The summed E-state index contributed by atoms with van der Waals surface area (Å²) in [5.41, 5.74) is -4.82. The van der Waals surface area contributed by atoms with Crippen LogP contribution in [-0.2, 0) is 5.41 Å². The lowest BCUT2D eigenvalue weighted by molar-refractivity contribution is -0.267. The Morgan fingerprint density at radius 3 is 2.03 bits per heavy atom. The molecule has 1 heterocycles. The number of methoxy groups -OCH3 is 1. The monoisotopic (exact) mass is 439 g/mol. The summed E-state index contributed by atoms with van der Waals surface area (Å²) < 4.78 is 61.1. The number of benzene rings is 2. The lowest BCUT2D eigenvalue weighted by atomic mass is 9.74. The predicted octanol–water partition coefficient (Wildman–Crippen LogP) is 4.09. The molecule has 1 atom stereocenters. The number of hydrogen-bond donors (Lipinski definition) is 1. The number of fused-ring (bicyclic) bond motifs is 1. The van der Waals surface area contributed by atoms with E-state index in [0.29, 0.717) is 4.90 Å². The molecule has 2 amide bonds. The van der Waals surface area contributed by atoms with Crippen molar-refractivity contribution in [2.45, 2.75) is 37.5 Å². The van der Waals surface area contributed by atoms with E-state index in [1.165, 1.54) is 51.3 Å². The Labute approximate surface area is 176 Å². The van der Waals surface area contributed by atoms with Crippen molar-refractivity contribution in [1.29, 1.82) is 0 Å². The van der Waals surface area contributed by atoms with E-state index in [4.69, 9.17) is 4.74 Å². The van der Waals surface area contributed by atoms with Crippen LogP contribution in [0, 0.1) is 5.82 Å². The first kappa shape index (κ1) is 22.7. The van der Waals surface area contributed by atoms with Crippen LogP contribution in [0.5, 0.6) is 5.75 Å². The molecule has 0 radical (unpaired) electrons. The zero-order chi connectivity index (χ0) is 23.2. The summed E-state index contributed by atoms with van der Waals surface area (Å²) in [6, 6.07) is 9.08. The Bertz CT molecular complexity index is 999. The first-order valence-corrected chi connectivity index (χ1v) is 9.39. The van der Waals surface area contributed by atoms with E-state index in [0.717, 1.165) is 12.1 Å². The standard InChI is InChI=1S/C22H21F4NO4/c1-20(2,16-10-13(23)8-9-17(16)31-3)11-21(30,22(24,25)26)12-27-18(28)14-6-4-5-7-15(14)19(27)29/h4-10,30H,11-12H2,1-3H3. The van der Waals surface area contributed by atoms with Gasteiger partial charge in [0.15, 0.2) is 5.60 Å². The SMILES string of the molecule is COc1ccc(F)cc1C(C)(C)CC(O)(CN1C(=O)c2ccccc2C1=O)C(F)(F)F. The van der Waals surface area contributed by atoms with Crippen molar-refractivity contribution in [2.75, 3.05) is 13.7 Å². The fourth-order valence-corrected chi connectivity index (χ4v) is 3.93. The summed E-state index contributed by atoms with van der Waals surface area (Å²) >= 11 is 0. The van der Waals surface area contributed by atoms with E-state index in [1.54, 1.807) is 0 Å². The van der Waals surface area contributed by atoms with Gasteiger partial charge >= 0.3 is 6.18 Å². The highest BCUT2D eigenvalue weighted by Gasteiger charge is 2.58. The Balaban J connectivity index is 1.98. The second kappa shape index (κ2) is 7.64. The lowest BCUT2D eigenvalue weighted by Crippen LogP contribution is -2.57. The maximum Gasteiger partial charge on any atom is 0.418 e. The minimum atomic E-state index is -5.18. The Morgan fingerprint density at radius 2 is 1.55 bits per heavy atom. The molecule has 1 N–H and O–H groups in total. The molecule has 0 bridgehead atoms. The van der Waals surface area contributed by atoms with Crippen LogP contribution in [-0.4, -0.2) is 47.3 Å². The van der Waals surface area contributed by atoms with E-state index < -0.39 is 47.8 Å². The number of alkyl halides is 3. The van der Waals surface area contributed by atoms with Crippen LogP contribution in [0.2, 0.25) is 0 Å². The second-order valence-electron chi connectivity index (χ2n) is 8.18. The Hall–Kier alpha value is -2.94. The van der Waals surface area contributed by atoms with E-state index in [2.05, 4.69) is 0 Å². The normalized spacial score (nSPS) is 16.3. The molecule has 0 aromatic heterocycles. The van der Waals surface area contributed by atoms with Crippen molar-refractivity contribution in [3.8, 4) is 5.75 Å². The number of nitrogens with zero attached hydrogens (tertiary/aromatic N) is 1. The Kier molecular flexibility index (Phi) is 5.60. The van der Waals surface area contributed by atoms with Gasteiger partial charge in [-0.25, -0.2) is 4.39 Å². The number of amides is 2.